The fourth-order valence-corrected chi connectivity index (χ4v) is 1.26. The number of imidazole rings is 1. The van der Waals surface area contributed by atoms with Gasteiger partial charge >= 0.3 is 6.18 Å². The summed E-state index contributed by atoms with van der Waals surface area (Å²) >= 11 is 0. The minimum Gasteiger partial charge on any atom is -0.356 e. The number of hydrogen-bond acceptors (Lipinski definition) is 2. The van der Waals surface area contributed by atoms with Crippen LogP contribution in [0.5, 0.6) is 0 Å². The van der Waals surface area contributed by atoms with Gasteiger partial charge in [0.25, 0.3) is 0 Å². The lowest BCUT2D eigenvalue weighted by Crippen LogP contribution is -2.14. The second-order valence-corrected chi connectivity index (χ2v) is 3.29. The van der Waals surface area contributed by atoms with Gasteiger partial charge in [0.2, 0.25) is 5.95 Å². The maximum atomic E-state index is 12.0. The third-order valence-electron chi connectivity index (χ3n) is 1.87. The van der Waals surface area contributed by atoms with E-state index in [4.69, 9.17) is 0 Å². The van der Waals surface area contributed by atoms with E-state index in [1.54, 1.807) is 13.1 Å². The minimum absolute atomic E-state index is 0.0906. The summed E-state index contributed by atoms with van der Waals surface area (Å²) in [6.45, 7) is 4.18. The van der Waals surface area contributed by atoms with E-state index in [9.17, 15) is 13.2 Å². The van der Waals surface area contributed by atoms with Crippen molar-refractivity contribution in [1.82, 2.24) is 9.55 Å². The van der Waals surface area contributed by atoms with Crippen molar-refractivity contribution >= 4 is 5.95 Å². The lowest BCUT2D eigenvalue weighted by atomic mass is 10.4. The average molecular weight is 221 g/mol. The van der Waals surface area contributed by atoms with Gasteiger partial charge in [0, 0.05) is 19.3 Å². The normalized spacial score (nSPS) is 11.8. The zero-order valence-electron chi connectivity index (χ0n) is 8.73. The predicted molar refractivity (Wildman–Crippen MR) is 51.8 cm³/mol. The van der Waals surface area contributed by atoms with Crippen molar-refractivity contribution in [2.24, 2.45) is 0 Å². The van der Waals surface area contributed by atoms with Crippen molar-refractivity contribution in [3.05, 3.63) is 11.9 Å². The Kier molecular flexibility index (Phi) is 3.60. The molecule has 0 radical (unpaired) electrons. The second kappa shape index (κ2) is 4.55. The number of anilines is 1. The van der Waals surface area contributed by atoms with Crippen LogP contribution in [0.25, 0.3) is 0 Å². The summed E-state index contributed by atoms with van der Waals surface area (Å²) in [6.07, 6.45) is -3.34. The zero-order valence-corrected chi connectivity index (χ0v) is 8.73. The first kappa shape index (κ1) is 11.9. The Hall–Kier alpha value is -1.20. The monoisotopic (exact) mass is 221 g/mol. The highest BCUT2D eigenvalue weighted by Gasteiger charge is 2.27. The molecular formula is C9H14F3N3. The highest BCUT2D eigenvalue weighted by molar-refractivity contribution is 5.28. The van der Waals surface area contributed by atoms with E-state index in [1.165, 1.54) is 4.57 Å². The molecule has 0 saturated carbocycles. The largest absolute Gasteiger partial charge is 0.390 e. The summed E-state index contributed by atoms with van der Waals surface area (Å²) in [5.41, 5.74) is 0.716. The number of halogens is 3. The Morgan fingerprint density at radius 2 is 2.13 bits per heavy atom. The van der Waals surface area contributed by atoms with E-state index >= 15 is 0 Å². The van der Waals surface area contributed by atoms with Crippen LogP contribution in [0.4, 0.5) is 19.1 Å². The smallest absolute Gasteiger partial charge is 0.356 e. The van der Waals surface area contributed by atoms with Gasteiger partial charge in [0.1, 0.15) is 0 Å². The van der Waals surface area contributed by atoms with Crippen LogP contribution in [0.1, 0.15) is 19.0 Å². The van der Waals surface area contributed by atoms with Gasteiger partial charge in [-0.1, -0.05) is 0 Å². The molecule has 0 saturated heterocycles. The average Bonchev–Trinajstić information content (AvgIpc) is 2.42. The lowest BCUT2D eigenvalue weighted by molar-refractivity contribution is -0.136. The molecule has 6 heteroatoms. The number of nitrogens with one attached hydrogen (secondary N) is 1. The number of aromatic nitrogens is 2. The van der Waals surface area contributed by atoms with Crippen LogP contribution in [0.15, 0.2) is 6.20 Å². The third kappa shape index (κ3) is 3.81. The molecule has 0 spiro atoms. The quantitative estimate of drug-likeness (QED) is 0.846. The zero-order chi connectivity index (χ0) is 11.5. The third-order valence-corrected chi connectivity index (χ3v) is 1.87. The van der Waals surface area contributed by atoms with Gasteiger partial charge in [0.05, 0.1) is 12.1 Å². The molecule has 0 unspecified atom stereocenters. The van der Waals surface area contributed by atoms with Crippen LogP contribution in [-0.4, -0.2) is 22.3 Å². The molecule has 0 aromatic carbocycles. The van der Waals surface area contributed by atoms with Crippen molar-refractivity contribution in [1.29, 1.82) is 0 Å². The Morgan fingerprint density at radius 1 is 1.47 bits per heavy atom. The first-order chi connectivity index (χ1) is 6.92. The molecule has 15 heavy (non-hydrogen) atoms. The maximum Gasteiger partial charge on any atom is 0.390 e. The Morgan fingerprint density at radius 3 is 2.67 bits per heavy atom. The summed E-state index contributed by atoms with van der Waals surface area (Å²) in [4.78, 5) is 4.09. The van der Waals surface area contributed by atoms with E-state index in [2.05, 4.69) is 10.3 Å². The second-order valence-electron chi connectivity index (χ2n) is 3.29. The topological polar surface area (TPSA) is 29.9 Å². The number of alkyl halides is 3. The van der Waals surface area contributed by atoms with Crippen LogP contribution < -0.4 is 5.32 Å². The van der Waals surface area contributed by atoms with Crippen LogP contribution in [0, 0.1) is 6.92 Å². The molecule has 0 atom stereocenters. The standard InChI is InChI=1S/C9H14F3N3/c1-3-13-8-14-7(2)6-15(8)5-4-9(10,11)12/h6H,3-5H2,1-2H3,(H,13,14). The summed E-state index contributed by atoms with van der Waals surface area (Å²) in [5, 5.41) is 2.92. The van der Waals surface area contributed by atoms with E-state index in [1.807, 2.05) is 6.92 Å². The van der Waals surface area contributed by atoms with Gasteiger partial charge in [-0.25, -0.2) is 4.98 Å². The van der Waals surface area contributed by atoms with Crippen LogP contribution in [0.3, 0.4) is 0 Å². The fourth-order valence-electron chi connectivity index (χ4n) is 1.26. The van der Waals surface area contributed by atoms with E-state index in [0.29, 0.717) is 18.2 Å². The number of rotatable bonds is 4. The highest BCUT2D eigenvalue weighted by Crippen LogP contribution is 2.21. The Balaban J connectivity index is 2.67. The molecule has 0 amide bonds. The van der Waals surface area contributed by atoms with Crippen molar-refractivity contribution < 1.29 is 13.2 Å². The molecule has 1 rings (SSSR count). The SMILES string of the molecule is CCNc1nc(C)cn1CCC(F)(F)F. The molecule has 0 fully saturated rings. The number of aryl methyl sites for hydroxylation is 2. The molecule has 0 aliphatic heterocycles. The maximum absolute atomic E-state index is 12.0. The number of nitrogens with zero attached hydrogens (tertiary/aromatic N) is 2. The number of hydrogen-bond donors (Lipinski definition) is 1. The molecule has 1 aromatic rings. The van der Waals surface area contributed by atoms with Crippen molar-refractivity contribution in [3.63, 3.8) is 0 Å². The van der Waals surface area contributed by atoms with Gasteiger partial charge in [-0.3, -0.25) is 0 Å². The van der Waals surface area contributed by atoms with Gasteiger partial charge in [-0.15, -0.1) is 0 Å². The molecule has 0 aliphatic carbocycles. The first-order valence-electron chi connectivity index (χ1n) is 4.77. The van der Waals surface area contributed by atoms with Crippen molar-refractivity contribution in [2.75, 3.05) is 11.9 Å². The van der Waals surface area contributed by atoms with E-state index in [-0.39, 0.29) is 6.54 Å². The molecule has 0 aliphatic rings. The van der Waals surface area contributed by atoms with Crippen LogP contribution in [0.2, 0.25) is 0 Å². The fraction of sp³-hybridized carbons (Fsp3) is 0.667. The molecule has 1 N–H and O–H groups in total. The summed E-state index contributed by atoms with van der Waals surface area (Å²) in [6, 6.07) is 0. The molecule has 1 heterocycles. The van der Waals surface area contributed by atoms with Crippen LogP contribution >= 0.6 is 0 Å². The molecular weight excluding hydrogens is 207 g/mol. The van der Waals surface area contributed by atoms with Gasteiger partial charge in [-0.2, -0.15) is 13.2 Å². The van der Waals surface area contributed by atoms with Crippen molar-refractivity contribution in [3.8, 4) is 0 Å². The van der Waals surface area contributed by atoms with Gasteiger partial charge < -0.3 is 9.88 Å². The van der Waals surface area contributed by atoms with Crippen molar-refractivity contribution in [2.45, 2.75) is 33.0 Å². The molecule has 3 nitrogen and oxygen atoms in total. The molecule has 86 valence electrons. The summed E-state index contributed by atoms with van der Waals surface area (Å²) < 4.78 is 37.5. The minimum atomic E-state index is -4.12. The highest BCUT2D eigenvalue weighted by atomic mass is 19.4. The summed E-state index contributed by atoms with van der Waals surface area (Å²) in [5.74, 6) is 0.499. The van der Waals surface area contributed by atoms with E-state index in [0.717, 1.165) is 0 Å². The lowest BCUT2D eigenvalue weighted by Gasteiger charge is -2.09. The van der Waals surface area contributed by atoms with Gasteiger partial charge in [0.15, 0.2) is 0 Å². The molecule has 1 aromatic heterocycles. The Bertz CT molecular complexity index is 317. The van der Waals surface area contributed by atoms with Crippen LogP contribution in [-0.2, 0) is 6.54 Å². The van der Waals surface area contributed by atoms with E-state index < -0.39 is 12.6 Å². The predicted octanol–water partition coefficient (Wildman–Crippen LogP) is 2.58. The first-order valence-corrected chi connectivity index (χ1v) is 4.77. The Labute approximate surface area is 86.3 Å². The van der Waals surface area contributed by atoms with Gasteiger partial charge in [-0.05, 0) is 13.8 Å². The molecule has 0 bridgehead atoms. The summed E-state index contributed by atoms with van der Waals surface area (Å²) in [7, 11) is 0.